The van der Waals surface area contributed by atoms with E-state index < -0.39 is 0 Å². The number of anilines is 2. The maximum absolute atomic E-state index is 11.4. The van der Waals surface area contributed by atoms with Crippen LogP contribution in [0.2, 0.25) is 0 Å². The highest BCUT2D eigenvalue weighted by Crippen LogP contribution is 2.26. The molecule has 4 heterocycles. The lowest BCUT2D eigenvalue weighted by molar-refractivity contribution is -0.119. The Hall–Kier alpha value is -4.08. The van der Waals surface area contributed by atoms with Gasteiger partial charge in [-0.1, -0.05) is 12.1 Å². The highest BCUT2D eigenvalue weighted by molar-refractivity contribution is 5.84. The summed E-state index contributed by atoms with van der Waals surface area (Å²) in [5.41, 5.74) is 4.25. The third-order valence-electron chi connectivity index (χ3n) is 6.66. The van der Waals surface area contributed by atoms with Gasteiger partial charge in [0, 0.05) is 44.0 Å². The van der Waals surface area contributed by atoms with Crippen LogP contribution in [0.3, 0.4) is 0 Å². The maximum atomic E-state index is 11.4. The summed E-state index contributed by atoms with van der Waals surface area (Å²) in [6.07, 6.45) is 9.23. The van der Waals surface area contributed by atoms with Crippen LogP contribution >= 0.6 is 0 Å². The number of hydrogen-bond acceptors (Lipinski definition) is 8. The number of nitrogens with one attached hydrogen (secondary N) is 3. The summed E-state index contributed by atoms with van der Waals surface area (Å²) >= 11 is 0. The first kappa shape index (κ1) is 24.6. The lowest BCUT2D eigenvalue weighted by atomic mass is 9.91. The standard InChI is InChI=1S/C27H33N9O/c1-17(2)36-16-31-24-25(30-15-19-7-12-23(29-14-19)22-6-4-5-13-28-22)34-27(35-26(24)36)33-21-10-8-20(9-11-21)32-18(3)37/h4-7,12-14,16-17,20-21H,8-11,15H2,1-3H3,(H,32,37)(H2,30,33,34,35). The number of nitrogens with zero attached hydrogens (tertiary/aromatic N) is 6. The molecule has 0 aromatic carbocycles. The molecule has 4 aromatic heterocycles. The minimum Gasteiger partial charge on any atom is -0.364 e. The van der Waals surface area contributed by atoms with Crippen LogP contribution in [-0.2, 0) is 11.3 Å². The summed E-state index contributed by atoms with van der Waals surface area (Å²) in [5, 5.41) is 10.0. The molecular formula is C27H33N9O. The number of amides is 1. The fraction of sp³-hybridized carbons (Fsp3) is 0.407. The van der Waals surface area contributed by atoms with Crippen LogP contribution in [0.1, 0.15) is 58.1 Å². The Morgan fingerprint density at radius 3 is 2.46 bits per heavy atom. The molecule has 4 aromatic rings. The van der Waals surface area contributed by atoms with Crippen LogP contribution in [0.15, 0.2) is 49.1 Å². The van der Waals surface area contributed by atoms with E-state index >= 15 is 0 Å². The molecule has 192 valence electrons. The summed E-state index contributed by atoms with van der Waals surface area (Å²) in [5.74, 6) is 1.31. The van der Waals surface area contributed by atoms with Crippen LogP contribution in [0.4, 0.5) is 11.8 Å². The minimum absolute atomic E-state index is 0.0319. The second-order valence-electron chi connectivity index (χ2n) is 9.83. The lowest BCUT2D eigenvalue weighted by Gasteiger charge is -2.29. The monoisotopic (exact) mass is 499 g/mol. The lowest BCUT2D eigenvalue weighted by Crippen LogP contribution is -2.39. The predicted octanol–water partition coefficient (Wildman–Crippen LogP) is 4.34. The molecule has 0 atom stereocenters. The molecule has 0 saturated heterocycles. The van der Waals surface area contributed by atoms with Crippen molar-refractivity contribution in [3.8, 4) is 11.4 Å². The van der Waals surface area contributed by atoms with Crippen molar-refractivity contribution in [3.05, 3.63) is 54.6 Å². The Labute approximate surface area is 216 Å². The Morgan fingerprint density at radius 2 is 1.78 bits per heavy atom. The van der Waals surface area contributed by atoms with Gasteiger partial charge < -0.3 is 20.5 Å². The smallest absolute Gasteiger partial charge is 0.227 e. The molecule has 0 radical (unpaired) electrons. The second-order valence-corrected chi connectivity index (χ2v) is 9.83. The van der Waals surface area contributed by atoms with Gasteiger partial charge in [-0.05, 0) is 63.3 Å². The Balaban J connectivity index is 1.32. The number of rotatable bonds is 8. The molecule has 1 aliphatic carbocycles. The zero-order valence-corrected chi connectivity index (χ0v) is 21.5. The first-order valence-electron chi connectivity index (χ1n) is 12.8. The molecule has 1 aliphatic rings. The van der Waals surface area contributed by atoms with Crippen molar-refractivity contribution in [2.75, 3.05) is 10.6 Å². The van der Waals surface area contributed by atoms with E-state index in [0.29, 0.717) is 18.3 Å². The molecule has 0 aliphatic heterocycles. The fourth-order valence-electron chi connectivity index (χ4n) is 4.71. The van der Waals surface area contributed by atoms with E-state index in [0.717, 1.165) is 53.8 Å². The third-order valence-corrected chi connectivity index (χ3v) is 6.66. The van der Waals surface area contributed by atoms with Gasteiger partial charge in [-0.15, -0.1) is 0 Å². The van der Waals surface area contributed by atoms with Crippen LogP contribution in [0, 0.1) is 0 Å². The first-order chi connectivity index (χ1) is 18.0. The van der Waals surface area contributed by atoms with E-state index in [1.54, 1.807) is 13.1 Å². The topological polar surface area (TPSA) is 123 Å². The average Bonchev–Trinajstić information content (AvgIpc) is 3.33. The summed E-state index contributed by atoms with van der Waals surface area (Å²) in [7, 11) is 0. The first-order valence-corrected chi connectivity index (χ1v) is 12.8. The molecule has 0 spiro atoms. The summed E-state index contributed by atoms with van der Waals surface area (Å²) in [6.45, 7) is 6.35. The van der Waals surface area contributed by atoms with Gasteiger partial charge in [0.2, 0.25) is 11.9 Å². The van der Waals surface area contributed by atoms with Gasteiger partial charge in [-0.25, -0.2) is 4.98 Å². The van der Waals surface area contributed by atoms with Gasteiger partial charge >= 0.3 is 0 Å². The number of fused-ring (bicyclic) bond motifs is 1. The number of aromatic nitrogens is 6. The second kappa shape index (κ2) is 10.9. The summed E-state index contributed by atoms with van der Waals surface area (Å²) < 4.78 is 2.06. The van der Waals surface area contributed by atoms with Crippen molar-refractivity contribution >= 4 is 28.8 Å². The molecule has 10 heteroatoms. The molecular weight excluding hydrogens is 466 g/mol. The van der Waals surface area contributed by atoms with Crippen LogP contribution in [-0.4, -0.2) is 47.5 Å². The molecule has 1 fully saturated rings. The zero-order valence-electron chi connectivity index (χ0n) is 21.5. The van der Waals surface area contributed by atoms with Crippen molar-refractivity contribution in [3.63, 3.8) is 0 Å². The van der Waals surface area contributed by atoms with Gasteiger partial charge in [0.15, 0.2) is 17.0 Å². The minimum atomic E-state index is 0.0319. The average molecular weight is 500 g/mol. The Kier molecular flexibility index (Phi) is 7.25. The van der Waals surface area contributed by atoms with Gasteiger partial charge in [-0.3, -0.25) is 14.8 Å². The molecule has 1 amide bonds. The number of pyridine rings is 2. The van der Waals surface area contributed by atoms with Gasteiger partial charge in [0.1, 0.15) is 0 Å². The molecule has 1 saturated carbocycles. The van der Waals surface area contributed by atoms with Crippen molar-refractivity contribution in [1.82, 2.24) is 34.8 Å². The number of carbonyl (C=O) groups excluding carboxylic acids is 1. The van der Waals surface area contributed by atoms with E-state index in [1.807, 2.05) is 42.9 Å². The van der Waals surface area contributed by atoms with E-state index in [2.05, 4.69) is 49.3 Å². The normalized spacial score (nSPS) is 17.6. The van der Waals surface area contributed by atoms with Crippen molar-refractivity contribution in [2.45, 2.75) is 71.1 Å². The summed E-state index contributed by atoms with van der Waals surface area (Å²) in [6, 6.07) is 10.5. The summed E-state index contributed by atoms with van der Waals surface area (Å²) in [4.78, 5) is 34.6. The molecule has 3 N–H and O–H groups in total. The van der Waals surface area contributed by atoms with E-state index in [1.165, 1.54) is 0 Å². The molecule has 0 bridgehead atoms. The van der Waals surface area contributed by atoms with Crippen molar-refractivity contribution < 1.29 is 4.79 Å². The number of hydrogen-bond donors (Lipinski definition) is 3. The van der Waals surface area contributed by atoms with Crippen LogP contribution in [0.5, 0.6) is 0 Å². The van der Waals surface area contributed by atoms with Crippen molar-refractivity contribution in [2.24, 2.45) is 0 Å². The van der Waals surface area contributed by atoms with E-state index in [9.17, 15) is 4.79 Å². The molecule has 5 rings (SSSR count). The Morgan fingerprint density at radius 1 is 1.00 bits per heavy atom. The highest BCUT2D eigenvalue weighted by Gasteiger charge is 2.23. The SMILES string of the molecule is CC(=O)NC1CCC(Nc2nc(NCc3ccc(-c4ccccn4)nc3)c3ncn(C(C)C)c3n2)CC1. The van der Waals surface area contributed by atoms with Gasteiger partial charge in [0.05, 0.1) is 17.7 Å². The predicted molar refractivity (Wildman–Crippen MR) is 144 cm³/mol. The Bertz CT molecular complexity index is 1340. The molecule has 10 nitrogen and oxygen atoms in total. The van der Waals surface area contributed by atoms with E-state index in [-0.39, 0.29) is 24.0 Å². The number of carbonyl (C=O) groups is 1. The number of imidazole rings is 1. The fourth-order valence-corrected chi connectivity index (χ4v) is 4.71. The van der Waals surface area contributed by atoms with Gasteiger partial charge in [0.25, 0.3) is 0 Å². The van der Waals surface area contributed by atoms with E-state index in [4.69, 9.17) is 9.97 Å². The zero-order chi connectivity index (χ0) is 25.8. The highest BCUT2D eigenvalue weighted by atomic mass is 16.1. The maximum Gasteiger partial charge on any atom is 0.227 e. The van der Waals surface area contributed by atoms with Crippen molar-refractivity contribution in [1.29, 1.82) is 0 Å². The third kappa shape index (κ3) is 5.84. The van der Waals surface area contributed by atoms with Crippen LogP contribution < -0.4 is 16.0 Å². The largest absolute Gasteiger partial charge is 0.364 e. The quantitative estimate of drug-likeness (QED) is 0.327. The van der Waals surface area contributed by atoms with Crippen LogP contribution in [0.25, 0.3) is 22.6 Å². The molecule has 37 heavy (non-hydrogen) atoms. The molecule has 0 unspecified atom stereocenters. The van der Waals surface area contributed by atoms with Gasteiger partial charge in [-0.2, -0.15) is 9.97 Å².